The molecule has 1 heterocycles. The van der Waals surface area contributed by atoms with Crippen molar-refractivity contribution in [2.75, 3.05) is 12.1 Å². The molecule has 0 radical (unpaired) electrons. The highest BCUT2D eigenvalue weighted by Crippen LogP contribution is 2.31. The number of hydrogen-bond acceptors (Lipinski definition) is 5. The van der Waals surface area contributed by atoms with Crippen LogP contribution in [0.5, 0.6) is 11.5 Å². The lowest BCUT2D eigenvalue weighted by molar-refractivity contribution is -0.124. The maximum atomic E-state index is 12.1. The third kappa shape index (κ3) is 4.84. The molecule has 0 fully saturated rings. The largest absolute Gasteiger partial charge is 0.454 e. The summed E-state index contributed by atoms with van der Waals surface area (Å²) >= 11 is 0. The van der Waals surface area contributed by atoms with Crippen molar-refractivity contribution in [1.82, 2.24) is 5.43 Å². The summed E-state index contributed by atoms with van der Waals surface area (Å²) in [7, 11) is 0. The molecule has 0 aromatic heterocycles. The minimum atomic E-state index is -0.330. The van der Waals surface area contributed by atoms with Crippen molar-refractivity contribution in [2.24, 2.45) is 5.10 Å². The van der Waals surface area contributed by atoms with E-state index < -0.39 is 0 Å². The number of carbonyl (C=O) groups excluding carboxylic acids is 2. The number of fused-ring (bicyclic) bond motifs is 1. The predicted molar refractivity (Wildman–Crippen MR) is 102 cm³/mol. The first-order valence-corrected chi connectivity index (χ1v) is 8.60. The van der Waals surface area contributed by atoms with Gasteiger partial charge >= 0.3 is 0 Å². The van der Waals surface area contributed by atoms with E-state index >= 15 is 0 Å². The summed E-state index contributed by atoms with van der Waals surface area (Å²) in [5, 5.41) is 6.76. The van der Waals surface area contributed by atoms with Crippen LogP contribution in [0.1, 0.15) is 29.5 Å². The second kappa shape index (κ2) is 8.35. The minimum Gasteiger partial charge on any atom is -0.454 e. The molecule has 140 valence electrons. The van der Waals surface area contributed by atoms with Crippen LogP contribution < -0.4 is 20.2 Å². The molecule has 3 rings (SSSR count). The molecule has 0 unspecified atom stereocenters. The normalized spacial score (nSPS) is 12.2. The van der Waals surface area contributed by atoms with E-state index in [1.165, 1.54) is 6.21 Å². The summed E-state index contributed by atoms with van der Waals surface area (Å²) in [6.07, 6.45) is 1.64. The first kappa shape index (κ1) is 18.4. The molecular weight excluding hydrogens is 346 g/mol. The zero-order valence-electron chi connectivity index (χ0n) is 15.2. The lowest BCUT2D eigenvalue weighted by Crippen LogP contribution is -2.21. The number of carbonyl (C=O) groups is 2. The fourth-order valence-corrected chi connectivity index (χ4v) is 2.67. The van der Waals surface area contributed by atoms with Crippen molar-refractivity contribution in [2.45, 2.75) is 26.7 Å². The molecule has 0 bridgehead atoms. The van der Waals surface area contributed by atoms with Gasteiger partial charge < -0.3 is 14.8 Å². The Hall–Kier alpha value is -3.35. The van der Waals surface area contributed by atoms with E-state index in [1.54, 1.807) is 18.2 Å². The van der Waals surface area contributed by atoms with Crippen molar-refractivity contribution in [1.29, 1.82) is 0 Å². The van der Waals surface area contributed by atoms with Crippen LogP contribution >= 0.6 is 0 Å². The molecule has 2 N–H and O–H groups in total. The molecule has 0 aliphatic carbocycles. The maximum Gasteiger partial charge on any atom is 0.240 e. The molecule has 2 aromatic carbocycles. The number of para-hydroxylation sites is 1. The lowest BCUT2D eigenvalue weighted by Gasteiger charge is -2.11. The van der Waals surface area contributed by atoms with Gasteiger partial charge in [-0.15, -0.1) is 0 Å². The highest BCUT2D eigenvalue weighted by atomic mass is 16.7. The topological polar surface area (TPSA) is 89.0 Å². The molecule has 0 spiro atoms. The Morgan fingerprint density at radius 2 is 1.74 bits per heavy atom. The Bertz CT molecular complexity index is 873. The van der Waals surface area contributed by atoms with Gasteiger partial charge in [0.05, 0.1) is 6.21 Å². The van der Waals surface area contributed by atoms with Gasteiger partial charge in [0.15, 0.2) is 11.5 Å². The number of rotatable bonds is 6. The van der Waals surface area contributed by atoms with Gasteiger partial charge in [-0.3, -0.25) is 9.59 Å². The second-order valence-corrected chi connectivity index (χ2v) is 6.22. The summed E-state index contributed by atoms with van der Waals surface area (Å²) in [5.74, 6) is 0.797. The number of nitrogens with one attached hydrogen (secondary N) is 2. The highest BCUT2D eigenvalue weighted by Gasteiger charge is 2.12. The van der Waals surface area contributed by atoms with Crippen LogP contribution in [0.25, 0.3) is 0 Å². The first-order valence-electron chi connectivity index (χ1n) is 8.60. The molecule has 2 aromatic rings. The Balaban J connectivity index is 1.45. The third-order valence-corrected chi connectivity index (χ3v) is 4.12. The molecule has 27 heavy (non-hydrogen) atoms. The summed E-state index contributed by atoms with van der Waals surface area (Å²) in [6.45, 7) is 4.07. The van der Waals surface area contributed by atoms with Gasteiger partial charge in [-0.2, -0.15) is 5.10 Å². The summed E-state index contributed by atoms with van der Waals surface area (Å²) in [5.41, 5.74) is 5.96. The smallest absolute Gasteiger partial charge is 0.240 e. The highest BCUT2D eigenvalue weighted by molar-refractivity contribution is 5.94. The van der Waals surface area contributed by atoms with Crippen LogP contribution in [0.3, 0.4) is 0 Å². The average molecular weight is 367 g/mol. The predicted octanol–water partition coefficient (Wildman–Crippen LogP) is 2.90. The summed E-state index contributed by atoms with van der Waals surface area (Å²) in [6, 6.07) is 11.2. The van der Waals surface area contributed by atoms with Crippen LogP contribution in [0.2, 0.25) is 0 Å². The molecule has 7 heteroatoms. The molecule has 1 aliphatic heterocycles. The van der Waals surface area contributed by atoms with E-state index in [1.807, 2.05) is 32.0 Å². The number of ether oxygens (including phenoxy) is 2. The number of nitrogens with zero attached hydrogens (tertiary/aromatic N) is 1. The zero-order chi connectivity index (χ0) is 19.2. The molecule has 2 amide bonds. The maximum absolute atomic E-state index is 12.1. The van der Waals surface area contributed by atoms with E-state index in [2.05, 4.69) is 15.8 Å². The van der Waals surface area contributed by atoms with Crippen LogP contribution in [0.15, 0.2) is 41.5 Å². The van der Waals surface area contributed by atoms with Gasteiger partial charge in [-0.25, -0.2) is 5.43 Å². The standard InChI is InChI=1S/C20H21N3O4/c1-13-4-3-5-14(2)20(13)22-18(24)8-9-19(25)23-21-11-15-6-7-16-17(10-15)27-12-26-16/h3-7,10-11H,8-9,12H2,1-2H3,(H,22,24)(H,23,25)/b21-11-. The van der Waals surface area contributed by atoms with Crippen LogP contribution in [-0.4, -0.2) is 24.8 Å². The molecule has 1 aliphatic rings. The zero-order valence-corrected chi connectivity index (χ0v) is 15.2. The van der Waals surface area contributed by atoms with Crippen molar-refractivity contribution in [3.05, 3.63) is 53.1 Å². The van der Waals surface area contributed by atoms with Gasteiger partial charge in [0.1, 0.15) is 0 Å². The van der Waals surface area contributed by atoms with E-state index in [0.29, 0.717) is 11.5 Å². The van der Waals surface area contributed by atoms with Crippen LogP contribution in [-0.2, 0) is 9.59 Å². The Morgan fingerprint density at radius 3 is 2.52 bits per heavy atom. The monoisotopic (exact) mass is 367 g/mol. The number of hydrazone groups is 1. The van der Waals surface area contributed by atoms with Crippen molar-refractivity contribution in [3.8, 4) is 11.5 Å². The van der Waals surface area contributed by atoms with Gasteiger partial charge in [-0.1, -0.05) is 18.2 Å². The van der Waals surface area contributed by atoms with Gasteiger partial charge in [0.2, 0.25) is 18.6 Å². The van der Waals surface area contributed by atoms with Crippen LogP contribution in [0, 0.1) is 13.8 Å². The number of benzene rings is 2. The van der Waals surface area contributed by atoms with Gasteiger partial charge in [0, 0.05) is 18.5 Å². The summed E-state index contributed by atoms with van der Waals surface area (Å²) < 4.78 is 10.5. The molecular formula is C20H21N3O4. The van der Waals surface area contributed by atoms with Crippen molar-refractivity contribution < 1.29 is 19.1 Å². The SMILES string of the molecule is Cc1cccc(C)c1NC(=O)CCC(=O)N/N=C\c1ccc2c(c1)OCO2. The number of anilines is 1. The molecule has 7 nitrogen and oxygen atoms in total. The van der Waals surface area contributed by atoms with E-state index in [4.69, 9.17) is 9.47 Å². The number of aryl methyl sites for hydroxylation is 2. The Morgan fingerprint density at radius 1 is 1.04 bits per heavy atom. The average Bonchev–Trinajstić information content (AvgIpc) is 3.11. The number of amides is 2. The molecule has 0 saturated heterocycles. The van der Waals surface area contributed by atoms with Crippen molar-refractivity contribution >= 4 is 23.7 Å². The Labute approximate surface area is 157 Å². The number of hydrogen-bond donors (Lipinski definition) is 2. The van der Waals surface area contributed by atoms with E-state index in [0.717, 1.165) is 22.4 Å². The fraction of sp³-hybridized carbons (Fsp3) is 0.250. The van der Waals surface area contributed by atoms with E-state index in [9.17, 15) is 9.59 Å². The first-order chi connectivity index (χ1) is 13.0. The molecule has 0 saturated carbocycles. The third-order valence-electron chi connectivity index (χ3n) is 4.12. The quantitative estimate of drug-likeness (QED) is 0.607. The van der Waals surface area contributed by atoms with Gasteiger partial charge in [-0.05, 0) is 48.7 Å². The Kier molecular flexibility index (Phi) is 5.71. The van der Waals surface area contributed by atoms with Crippen LogP contribution in [0.4, 0.5) is 5.69 Å². The van der Waals surface area contributed by atoms with Crippen molar-refractivity contribution in [3.63, 3.8) is 0 Å². The minimum absolute atomic E-state index is 0.0508. The summed E-state index contributed by atoms with van der Waals surface area (Å²) in [4.78, 5) is 23.9. The fourth-order valence-electron chi connectivity index (χ4n) is 2.67. The lowest BCUT2D eigenvalue weighted by atomic mass is 10.1. The second-order valence-electron chi connectivity index (χ2n) is 6.22. The van der Waals surface area contributed by atoms with Gasteiger partial charge in [0.25, 0.3) is 0 Å². The van der Waals surface area contributed by atoms with E-state index in [-0.39, 0.29) is 31.4 Å². The molecule has 0 atom stereocenters.